The largest absolute Gasteiger partial charge is 0.338 e. The minimum absolute atomic E-state index is 0.103. The average molecular weight is 284 g/mol. The van der Waals surface area contributed by atoms with E-state index in [2.05, 4.69) is 22.4 Å². The van der Waals surface area contributed by atoms with E-state index in [9.17, 15) is 4.39 Å². The zero-order valence-corrected chi connectivity index (χ0v) is 11.4. The molecule has 1 N–H and O–H groups in total. The second-order valence-corrected chi connectivity index (χ2v) is 4.58. The molecule has 0 atom stereocenters. The molecule has 4 nitrogen and oxygen atoms in total. The van der Waals surface area contributed by atoms with E-state index in [4.69, 9.17) is 16.1 Å². The number of aromatic nitrogens is 2. The molecule has 0 radical (unpaired) electrons. The molecular formula is C13H15ClFN3O. The van der Waals surface area contributed by atoms with Crippen molar-refractivity contribution in [3.8, 4) is 0 Å². The molecule has 0 saturated heterocycles. The molecule has 0 aliphatic heterocycles. The summed E-state index contributed by atoms with van der Waals surface area (Å²) >= 11 is 5.72. The standard InChI is InChI=1S/C13H15ClFN3O/c1-2-6-16-8-12-17-11(18-19-12)7-9-4-3-5-10(14)13(9)15/h3-5,16H,2,6-8H2,1H3. The van der Waals surface area contributed by atoms with Gasteiger partial charge in [0.1, 0.15) is 5.82 Å². The highest BCUT2D eigenvalue weighted by molar-refractivity contribution is 6.30. The molecule has 1 aromatic heterocycles. The van der Waals surface area contributed by atoms with Crippen LogP contribution in [0.1, 0.15) is 30.6 Å². The third-order valence-corrected chi connectivity index (χ3v) is 2.89. The van der Waals surface area contributed by atoms with Crippen LogP contribution in [0.5, 0.6) is 0 Å². The number of benzene rings is 1. The summed E-state index contributed by atoms with van der Waals surface area (Å²) in [6, 6.07) is 4.87. The Labute approximate surface area is 116 Å². The molecule has 19 heavy (non-hydrogen) atoms. The molecule has 0 aliphatic carbocycles. The predicted octanol–water partition coefficient (Wildman–Crippen LogP) is 2.95. The Hall–Kier alpha value is -1.46. The number of halogens is 2. The second-order valence-electron chi connectivity index (χ2n) is 4.17. The van der Waals surface area contributed by atoms with Crippen LogP contribution in [0.2, 0.25) is 5.02 Å². The van der Waals surface area contributed by atoms with Gasteiger partial charge in [-0.15, -0.1) is 0 Å². The first kappa shape index (κ1) is 14.0. The van der Waals surface area contributed by atoms with Crippen LogP contribution in [0.4, 0.5) is 4.39 Å². The molecule has 2 rings (SSSR count). The van der Waals surface area contributed by atoms with Gasteiger partial charge in [0.2, 0.25) is 5.89 Å². The van der Waals surface area contributed by atoms with Crippen molar-refractivity contribution < 1.29 is 8.91 Å². The highest BCUT2D eigenvalue weighted by Gasteiger charge is 2.11. The molecule has 102 valence electrons. The van der Waals surface area contributed by atoms with Crippen molar-refractivity contribution in [1.82, 2.24) is 15.5 Å². The maximum Gasteiger partial charge on any atom is 0.240 e. The third kappa shape index (κ3) is 3.75. The summed E-state index contributed by atoms with van der Waals surface area (Å²) in [6.07, 6.45) is 1.30. The van der Waals surface area contributed by atoms with Crippen LogP contribution in [0, 0.1) is 5.82 Å². The normalized spacial score (nSPS) is 10.9. The van der Waals surface area contributed by atoms with E-state index in [1.807, 2.05) is 0 Å². The quantitative estimate of drug-likeness (QED) is 0.828. The van der Waals surface area contributed by atoms with Crippen molar-refractivity contribution in [3.63, 3.8) is 0 Å². The van der Waals surface area contributed by atoms with E-state index in [0.29, 0.717) is 23.8 Å². The minimum atomic E-state index is -0.431. The Balaban J connectivity index is 2.01. The molecule has 0 amide bonds. The van der Waals surface area contributed by atoms with Gasteiger partial charge in [0, 0.05) is 6.42 Å². The van der Waals surface area contributed by atoms with Crippen molar-refractivity contribution in [1.29, 1.82) is 0 Å². The van der Waals surface area contributed by atoms with E-state index >= 15 is 0 Å². The second kappa shape index (κ2) is 6.63. The van der Waals surface area contributed by atoms with Gasteiger partial charge >= 0.3 is 0 Å². The summed E-state index contributed by atoms with van der Waals surface area (Å²) < 4.78 is 18.8. The molecule has 0 spiro atoms. The summed E-state index contributed by atoms with van der Waals surface area (Å²) in [4.78, 5) is 4.20. The van der Waals surface area contributed by atoms with Crippen molar-refractivity contribution >= 4 is 11.6 Å². The van der Waals surface area contributed by atoms with Crippen LogP contribution < -0.4 is 5.32 Å². The van der Waals surface area contributed by atoms with Crippen LogP contribution in [-0.4, -0.2) is 16.7 Å². The lowest BCUT2D eigenvalue weighted by atomic mass is 10.1. The number of nitrogens with zero attached hydrogens (tertiary/aromatic N) is 2. The monoisotopic (exact) mass is 283 g/mol. The van der Waals surface area contributed by atoms with Crippen molar-refractivity contribution in [2.24, 2.45) is 0 Å². The van der Waals surface area contributed by atoms with E-state index < -0.39 is 5.82 Å². The third-order valence-electron chi connectivity index (χ3n) is 2.59. The van der Waals surface area contributed by atoms with Gasteiger partial charge in [0.15, 0.2) is 5.82 Å². The highest BCUT2D eigenvalue weighted by Crippen LogP contribution is 2.19. The lowest BCUT2D eigenvalue weighted by Gasteiger charge is -2.00. The van der Waals surface area contributed by atoms with E-state index in [1.54, 1.807) is 12.1 Å². The van der Waals surface area contributed by atoms with Crippen molar-refractivity contribution in [2.75, 3.05) is 6.54 Å². The van der Waals surface area contributed by atoms with Crippen LogP contribution in [0.25, 0.3) is 0 Å². The van der Waals surface area contributed by atoms with Crippen LogP contribution in [0.3, 0.4) is 0 Å². The van der Waals surface area contributed by atoms with Crippen LogP contribution in [-0.2, 0) is 13.0 Å². The van der Waals surface area contributed by atoms with Gasteiger partial charge in [-0.25, -0.2) is 4.39 Å². The molecular weight excluding hydrogens is 269 g/mol. The Morgan fingerprint density at radius 3 is 3.05 bits per heavy atom. The molecule has 0 aliphatic rings. The fourth-order valence-corrected chi connectivity index (χ4v) is 1.86. The first-order valence-electron chi connectivity index (χ1n) is 6.15. The van der Waals surface area contributed by atoms with E-state index in [1.165, 1.54) is 6.07 Å². The zero-order valence-electron chi connectivity index (χ0n) is 10.6. The molecule has 0 saturated carbocycles. The zero-order chi connectivity index (χ0) is 13.7. The molecule has 2 aromatic rings. The summed E-state index contributed by atoms with van der Waals surface area (Å²) in [6.45, 7) is 3.49. The summed E-state index contributed by atoms with van der Waals surface area (Å²) in [5.74, 6) is 0.528. The Morgan fingerprint density at radius 2 is 2.26 bits per heavy atom. The van der Waals surface area contributed by atoms with Crippen LogP contribution in [0.15, 0.2) is 22.7 Å². The van der Waals surface area contributed by atoms with Gasteiger partial charge in [0.25, 0.3) is 0 Å². The van der Waals surface area contributed by atoms with Crippen molar-refractivity contribution in [2.45, 2.75) is 26.3 Å². The summed E-state index contributed by atoms with van der Waals surface area (Å²) in [5.41, 5.74) is 0.460. The topological polar surface area (TPSA) is 51.0 Å². The predicted molar refractivity (Wildman–Crippen MR) is 70.5 cm³/mol. The van der Waals surface area contributed by atoms with Gasteiger partial charge in [-0.2, -0.15) is 4.98 Å². The molecule has 0 unspecified atom stereocenters. The molecule has 1 heterocycles. The average Bonchev–Trinajstić information content (AvgIpc) is 2.83. The molecule has 0 fully saturated rings. The fraction of sp³-hybridized carbons (Fsp3) is 0.385. The SMILES string of the molecule is CCCNCc1nc(Cc2cccc(Cl)c2F)no1. The Kier molecular flexibility index (Phi) is 4.87. The lowest BCUT2D eigenvalue weighted by Crippen LogP contribution is -2.13. The number of rotatable bonds is 6. The number of hydrogen-bond donors (Lipinski definition) is 1. The van der Waals surface area contributed by atoms with E-state index in [-0.39, 0.29) is 11.4 Å². The number of hydrogen-bond acceptors (Lipinski definition) is 4. The van der Waals surface area contributed by atoms with Crippen LogP contribution >= 0.6 is 11.6 Å². The Bertz CT molecular complexity index is 544. The van der Waals surface area contributed by atoms with Gasteiger partial charge < -0.3 is 9.84 Å². The first-order chi connectivity index (χ1) is 9.20. The molecule has 0 bridgehead atoms. The maximum absolute atomic E-state index is 13.7. The lowest BCUT2D eigenvalue weighted by molar-refractivity contribution is 0.363. The van der Waals surface area contributed by atoms with Gasteiger partial charge in [0.05, 0.1) is 11.6 Å². The van der Waals surface area contributed by atoms with Gasteiger partial charge in [-0.3, -0.25) is 0 Å². The molecule has 1 aromatic carbocycles. The summed E-state index contributed by atoms with van der Waals surface area (Å²) in [7, 11) is 0. The fourth-order valence-electron chi connectivity index (χ4n) is 1.66. The number of nitrogens with one attached hydrogen (secondary N) is 1. The smallest absolute Gasteiger partial charge is 0.240 e. The summed E-state index contributed by atoms with van der Waals surface area (Å²) in [5, 5.41) is 7.09. The first-order valence-corrected chi connectivity index (χ1v) is 6.53. The van der Waals surface area contributed by atoms with Gasteiger partial charge in [-0.1, -0.05) is 35.8 Å². The highest BCUT2D eigenvalue weighted by atomic mass is 35.5. The van der Waals surface area contributed by atoms with Gasteiger partial charge in [-0.05, 0) is 24.6 Å². The van der Waals surface area contributed by atoms with E-state index in [0.717, 1.165) is 13.0 Å². The Morgan fingerprint density at radius 1 is 1.42 bits per heavy atom. The minimum Gasteiger partial charge on any atom is -0.338 e. The maximum atomic E-state index is 13.7. The molecule has 6 heteroatoms. The van der Waals surface area contributed by atoms with Crippen molar-refractivity contribution in [3.05, 3.63) is 46.3 Å².